The highest BCUT2D eigenvalue weighted by atomic mass is 19.1. The maximum absolute atomic E-state index is 14.8. The van der Waals surface area contributed by atoms with Crippen LogP contribution in [-0.2, 0) is 4.79 Å². The smallest absolute Gasteiger partial charge is 0.148 e. The van der Waals surface area contributed by atoms with E-state index in [4.69, 9.17) is 0 Å². The van der Waals surface area contributed by atoms with Crippen molar-refractivity contribution in [3.05, 3.63) is 29.6 Å². The molecule has 0 fully saturated rings. The molecule has 0 spiro atoms. The summed E-state index contributed by atoms with van der Waals surface area (Å²) >= 11 is 0. The van der Waals surface area contributed by atoms with E-state index >= 15 is 0 Å². The molecule has 1 N–H and O–H groups in total. The molecule has 0 heterocycles. The van der Waals surface area contributed by atoms with Crippen LogP contribution >= 0.6 is 0 Å². The Morgan fingerprint density at radius 2 is 1.67 bits per heavy atom. The number of halogens is 1. The molecule has 152 valence electrons. The largest absolute Gasteiger partial charge is 0.385 e. The van der Waals surface area contributed by atoms with E-state index in [0.29, 0.717) is 24.2 Å². The Balaban J connectivity index is 2.69. The summed E-state index contributed by atoms with van der Waals surface area (Å²) in [6, 6.07) is 5.39. The summed E-state index contributed by atoms with van der Waals surface area (Å²) < 4.78 is 14.8. The van der Waals surface area contributed by atoms with Crippen molar-refractivity contribution in [2.45, 2.75) is 78.6 Å². The molecule has 0 aliphatic carbocycles. The average Bonchev–Trinajstić information content (AvgIpc) is 2.67. The Morgan fingerprint density at radius 3 is 2.19 bits per heavy atom. The second kappa shape index (κ2) is 14.3. The summed E-state index contributed by atoms with van der Waals surface area (Å²) in [6.45, 7) is 8.61. The molecule has 0 saturated carbocycles. The lowest BCUT2D eigenvalue weighted by Gasteiger charge is -2.26. The van der Waals surface area contributed by atoms with Crippen LogP contribution in [-0.4, -0.2) is 25.6 Å². The number of nitrogens with one attached hydrogen (secondary N) is 1. The van der Waals surface area contributed by atoms with Crippen molar-refractivity contribution >= 4 is 17.3 Å². The van der Waals surface area contributed by atoms with Crippen LogP contribution in [0.3, 0.4) is 0 Å². The van der Waals surface area contributed by atoms with E-state index in [0.717, 1.165) is 31.6 Å². The van der Waals surface area contributed by atoms with Gasteiger partial charge < -0.3 is 10.2 Å². The van der Waals surface area contributed by atoms with Gasteiger partial charge in [-0.1, -0.05) is 52.4 Å². The molecule has 3 nitrogen and oxygen atoms in total. The predicted molar refractivity (Wildman–Crippen MR) is 115 cm³/mol. The van der Waals surface area contributed by atoms with E-state index in [1.165, 1.54) is 38.5 Å². The lowest BCUT2D eigenvalue weighted by Crippen LogP contribution is -2.26. The third kappa shape index (κ3) is 9.63. The number of hydrogen-bond donors (Lipinski definition) is 1. The third-order valence-electron chi connectivity index (χ3n) is 4.85. The van der Waals surface area contributed by atoms with Crippen LogP contribution in [0.2, 0.25) is 0 Å². The highest BCUT2D eigenvalue weighted by molar-refractivity contribution is 5.57. The Hall–Kier alpha value is -1.80. The van der Waals surface area contributed by atoms with Gasteiger partial charge >= 0.3 is 0 Å². The lowest BCUT2D eigenvalue weighted by molar-refractivity contribution is 0.566. The van der Waals surface area contributed by atoms with Crippen molar-refractivity contribution in [3.63, 3.8) is 0 Å². The van der Waals surface area contributed by atoms with Crippen molar-refractivity contribution in [1.82, 2.24) is 0 Å². The molecule has 0 aliphatic rings. The molecule has 27 heavy (non-hydrogen) atoms. The van der Waals surface area contributed by atoms with E-state index in [1.54, 1.807) is 13.0 Å². The highest BCUT2D eigenvalue weighted by Gasteiger charge is 2.12. The summed E-state index contributed by atoms with van der Waals surface area (Å²) in [5.41, 5.74) is 2.13. The molecule has 0 atom stereocenters. The summed E-state index contributed by atoms with van der Waals surface area (Å²) in [7, 11) is 0. The van der Waals surface area contributed by atoms with Gasteiger partial charge in [-0.3, -0.25) is 0 Å². The molecule has 0 amide bonds. The van der Waals surface area contributed by atoms with Crippen molar-refractivity contribution < 1.29 is 9.18 Å². The van der Waals surface area contributed by atoms with Crippen molar-refractivity contribution in [2.75, 3.05) is 29.9 Å². The summed E-state index contributed by atoms with van der Waals surface area (Å²) in [4.78, 5) is 12.7. The third-order valence-corrected chi connectivity index (χ3v) is 4.85. The number of carbonyl (C=O) groups excluding carboxylic acids is 1. The van der Waals surface area contributed by atoms with E-state index in [2.05, 4.69) is 24.1 Å². The molecule has 1 aromatic rings. The Kier molecular flexibility index (Phi) is 12.3. The lowest BCUT2D eigenvalue weighted by atomic mass is 10.1. The van der Waals surface area contributed by atoms with Gasteiger partial charge in [0.2, 0.25) is 0 Å². The Morgan fingerprint density at radius 1 is 1.04 bits per heavy atom. The maximum Gasteiger partial charge on any atom is 0.148 e. The predicted octanol–water partition coefficient (Wildman–Crippen LogP) is 6.37. The fourth-order valence-electron chi connectivity index (χ4n) is 3.13. The number of benzene rings is 1. The van der Waals surface area contributed by atoms with Crippen LogP contribution in [0.25, 0.3) is 0 Å². The quantitative estimate of drug-likeness (QED) is 0.285. The van der Waals surface area contributed by atoms with Crippen LogP contribution in [0, 0.1) is 5.82 Å². The second-order valence-corrected chi connectivity index (χ2v) is 7.33. The Bertz CT molecular complexity index is 570. The van der Waals surface area contributed by atoms with E-state index in [-0.39, 0.29) is 5.82 Å². The zero-order valence-corrected chi connectivity index (χ0v) is 17.5. The minimum Gasteiger partial charge on any atom is -0.385 e. The van der Waals surface area contributed by atoms with Crippen LogP contribution in [0.1, 0.15) is 78.6 Å². The van der Waals surface area contributed by atoms with Crippen molar-refractivity contribution in [2.24, 2.45) is 0 Å². The van der Waals surface area contributed by atoms with Crippen LogP contribution < -0.4 is 10.2 Å². The molecular weight excluding hydrogens is 339 g/mol. The number of nitrogens with zero attached hydrogens (tertiary/aromatic N) is 1. The molecule has 0 aromatic heterocycles. The van der Waals surface area contributed by atoms with Crippen LogP contribution in [0.4, 0.5) is 15.8 Å². The zero-order valence-electron chi connectivity index (χ0n) is 17.5. The number of hydrogen-bond acceptors (Lipinski definition) is 3. The molecule has 0 unspecified atom stereocenters. The Labute approximate surface area is 165 Å². The average molecular weight is 377 g/mol. The number of rotatable bonds is 15. The standard InChI is InChI=1S/C23H37FN2O/c1-4-6-8-10-16-26(17-11-9-7-5-2)23-13-12-21(18-22(23)24)25-15-14-20(3)19-27/h12-13,18,25H,4-11,14-17H2,1-3H3. The number of unbranched alkanes of at least 4 members (excludes halogenated alkanes) is 6. The molecule has 0 bridgehead atoms. The van der Waals surface area contributed by atoms with Crippen LogP contribution in [0.15, 0.2) is 23.8 Å². The van der Waals surface area contributed by atoms with Crippen molar-refractivity contribution in [1.29, 1.82) is 0 Å². The SMILES string of the molecule is CCCCCCN(CCCCCC)c1ccc(NCCC(C)=C=O)cc1F. The van der Waals surface area contributed by atoms with Gasteiger partial charge in [0.25, 0.3) is 0 Å². The fourth-order valence-corrected chi connectivity index (χ4v) is 3.13. The monoisotopic (exact) mass is 376 g/mol. The van der Waals surface area contributed by atoms with Crippen molar-refractivity contribution in [3.8, 4) is 0 Å². The first-order valence-electron chi connectivity index (χ1n) is 10.6. The van der Waals surface area contributed by atoms with E-state index in [1.807, 2.05) is 18.1 Å². The van der Waals surface area contributed by atoms with Gasteiger partial charge in [-0.15, -0.1) is 0 Å². The van der Waals surface area contributed by atoms with Gasteiger partial charge in [0, 0.05) is 30.9 Å². The van der Waals surface area contributed by atoms with Crippen LogP contribution in [0.5, 0.6) is 0 Å². The first-order chi connectivity index (χ1) is 13.1. The number of anilines is 2. The molecule has 1 aromatic carbocycles. The van der Waals surface area contributed by atoms with Gasteiger partial charge in [-0.25, -0.2) is 9.18 Å². The second-order valence-electron chi connectivity index (χ2n) is 7.33. The van der Waals surface area contributed by atoms with E-state index < -0.39 is 0 Å². The van der Waals surface area contributed by atoms with Gasteiger partial charge in [0.15, 0.2) is 0 Å². The summed E-state index contributed by atoms with van der Waals surface area (Å²) in [5.74, 6) is 1.72. The summed E-state index contributed by atoms with van der Waals surface area (Å²) in [6.07, 6.45) is 10.1. The highest BCUT2D eigenvalue weighted by Crippen LogP contribution is 2.24. The van der Waals surface area contributed by atoms with Gasteiger partial charge in [-0.05, 0) is 44.4 Å². The normalized spacial score (nSPS) is 10.5. The van der Waals surface area contributed by atoms with Gasteiger partial charge in [0.05, 0.1) is 5.69 Å². The topological polar surface area (TPSA) is 32.3 Å². The minimum atomic E-state index is -0.173. The molecule has 0 saturated heterocycles. The zero-order chi connectivity index (χ0) is 19.9. The molecule has 4 heteroatoms. The minimum absolute atomic E-state index is 0.173. The molecule has 0 radical (unpaired) electrons. The molecular formula is C23H37FN2O. The van der Waals surface area contributed by atoms with Gasteiger partial charge in [0.1, 0.15) is 11.8 Å². The first-order valence-corrected chi connectivity index (χ1v) is 10.6. The summed E-state index contributed by atoms with van der Waals surface area (Å²) in [5, 5.41) is 3.18. The molecule has 0 aliphatic heterocycles. The fraction of sp³-hybridized carbons (Fsp3) is 0.652. The van der Waals surface area contributed by atoms with E-state index in [9.17, 15) is 9.18 Å². The maximum atomic E-state index is 14.8. The molecule has 1 rings (SSSR count). The van der Waals surface area contributed by atoms with Gasteiger partial charge in [-0.2, -0.15) is 0 Å². The first kappa shape index (κ1) is 23.2.